The molecule has 0 saturated carbocycles. The molecule has 4 heteroatoms. The van der Waals surface area contributed by atoms with Gasteiger partial charge in [-0.25, -0.2) is 4.39 Å². The van der Waals surface area contributed by atoms with Crippen molar-refractivity contribution in [3.05, 3.63) is 53.1 Å². The fourth-order valence-corrected chi connectivity index (χ4v) is 2.02. The van der Waals surface area contributed by atoms with Crippen LogP contribution in [0.2, 0.25) is 0 Å². The normalized spacial score (nSPS) is 12.6. The average molecular weight is 247 g/mol. The predicted octanol–water partition coefficient (Wildman–Crippen LogP) is 3.10. The molecule has 3 nitrogen and oxygen atoms in total. The SMILES string of the molecule is CCC(NCc1cn[nH]c1C)c1ccccc1F. The van der Waals surface area contributed by atoms with Gasteiger partial charge in [-0.1, -0.05) is 25.1 Å². The topological polar surface area (TPSA) is 40.7 Å². The summed E-state index contributed by atoms with van der Waals surface area (Å²) < 4.78 is 13.7. The second-order valence-corrected chi connectivity index (χ2v) is 4.38. The minimum atomic E-state index is -0.152. The van der Waals surface area contributed by atoms with E-state index < -0.39 is 0 Å². The van der Waals surface area contributed by atoms with Crippen molar-refractivity contribution in [2.45, 2.75) is 32.9 Å². The van der Waals surface area contributed by atoms with E-state index in [1.807, 2.05) is 26.0 Å². The molecule has 0 spiro atoms. The number of H-pyrrole nitrogens is 1. The lowest BCUT2D eigenvalue weighted by molar-refractivity contribution is 0.487. The van der Waals surface area contributed by atoms with Crippen molar-refractivity contribution in [3.63, 3.8) is 0 Å². The Bertz CT molecular complexity index is 507. The van der Waals surface area contributed by atoms with E-state index in [2.05, 4.69) is 15.5 Å². The Morgan fingerprint density at radius 2 is 2.17 bits per heavy atom. The third-order valence-corrected chi connectivity index (χ3v) is 3.16. The van der Waals surface area contributed by atoms with Gasteiger partial charge in [-0.05, 0) is 19.4 Å². The molecule has 2 rings (SSSR count). The van der Waals surface area contributed by atoms with Crippen LogP contribution in [0.15, 0.2) is 30.5 Å². The average Bonchev–Trinajstić information content (AvgIpc) is 2.78. The smallest absolute Gasteiger partial charge is 0.127 e. The lowest BCUT2D eigenvalue weighted by Crippen LogP contribution is -2.21. The number of aromatic nitrogens is 2. The van der Waals surface area contributed by atoms with Gasteiger partial charge in [0.25, 0.3) is 0 Å². The number of aromatic amines is 1. The Balaban J connectivity index is 2.07. The summed E-state index contributed by atoms with van der Waals surface area (Å²) in [6, 6.07) is 6.94. The maximum atomic E-state index is 13.7. The number of aryl methyl sites for hydroxylation is 1. The molecule has 0 fully saturated rings. The number of hydrogen-bond acceptors (Lipinski definition) is 2. The molecule has 0 amide bonds. The van der Waals surface area contributed by atoms with Gasteiger partial charge in [0.1, 0.15) is 5.82 Å². The first-order valence-electron chi connectivity index (χ1n) is 6.19. The standard InChI is InChI=1S/C14H18FN3/c1-3-14(12-6-4-5-7-13(12)15)16-8-11-9-17-18-10(11)2/h4-7,9,14,16H,3,8H2,1-2H3,(H,17,18). The van der Waals surface area contributed by atoms with Crippen LogP contribution in [-0.4, -0.2) is 10.2 Å². The van der Waals surface area contributed by atoms with E-state index in [0.717, 1.165) is 23.2 Å². The van der Waals surface area contributed by atoms with E-state index in [0.29, 0.717) is 6.54 Å². The van der Waals surface area contributed by atoms with E-state index in [1.54, 1.807) is 12.3 Å². The first-order valence-corrected chi connectivity index (χ1v) is 6.19. The van der Waals surface area contributed by atoms with E-state index in [1.165, 1.54) is 6.07 Å². The number of hydrogen-bond donors (Lipinski definition) is 2. The molecule has 2 N–H and O–H groups in total. The number of nitrogens with zero attached hydrogens (tertiary/aromatic N) is 1. The fraction of sp³-hybridized carbons (Fsp3) is 0.357. The van der Waals surface area contributed by atoms with Gasteiger partial charge in [-0.3, -0.25) is 5.10 Å². The van der Waals surface area contributed by atoms with Gasteiger partial charge < -0.3 is 5.32 Å². The molecule has 1 heterocycles. The van der Waals surface area contributed by atoms with Crippen molar-refractivity contribution in [3.8, 4) is 0 Å². The molecule has 1 aromatic heterocycles. The second kappa shape index (κ2) is 5.78. The van der Waals surface area contributed by atoms with Crippen LogP contribution in [0.3, 0.4) is 0 Å². The highest BCUT2D eigenvalue weighted by molar-refractivity contribution is 5.22. The quantitative estimate of drug-likeness (QED) is 0.852. The van der Waals surface area contributed by atoms with Gasteiger partial charge in [0.2, 0.25) is 0 Å². The summed E-state index contributed by atoms with van der Waals surface area (Å²) in [5.41, 5.74) is 2.89. The molecule has 2 aromatic rings. The van der Waals surface area contributed by atoms with E-state index in [4.69, 9.17) is 0 Å². The van der Waals surface area contributed by atoms with Crippen LogP contribution in [0, 0.1) is 12.7 Å². The summed E-state index contributed by atoms with van der Waals surface area (Å²) in [6.45, 7) is 4.72. The molecule has 1 aromatic carbocycles. The molecule has 0 radical (unpaired) electrons. The minimum Gasteiger partial charge on any atom is -0.306 e. The summed E-state index contributed by atoms with van der Waals surface area (Å²) in [7, 11) is 0. The first-order chi connectivity index (χ1) is 8.72. The van der Waals surface area contributed by atoms with Gasteiger partial charge in [0.15, 0.2) is 0 Å². The molecular weight excluding hydrogens is 229 g/mol. The van der Waals surface area contributed by atoms with Crippen LogP contribution in [0.4, 0.5) is 4.39 Å². The van der Waals surface area contributed by atoms with E-state index >= 15 is 0 Å². The van der Waals surface area contributed by atoms with Gasteiger partial charge in [-0.15, -0.1) is 0 Å². The van der Waals surface area contributed by atoms with Crippen molar-refractivity contribution < 1.29 is 4.39 Å². The third kappa shape index (κ3) is 2.76. The van der Waals surface area contributed by atoms with Crippen LogP contribution in [0.25, 0.3) is 0 Å². The Kier molecular flexibility index (Phi) is 4.10. The summed E-state index contributed by atoms with van der Waals surface area (Å²) in [4.78, 5) is 0. The lowest BCUT2D eigenvalue weighted by Gasteiger charge is -2.17. The van der Waals surface area contributed by atoms with Crippen LogP contribution in [0.5, 0.6) is 0 Å². The second-order valence-electron chi connectivity index (χ2n) is 4.38. The maximum absolute atomic E-state index is 13.7. The molecule has 18 heavy (non-hydrogen) atoms. The predicted molar refractivity (Wildman–Crippen MR) is 69.6 cm³/mol. The van der Waals surface area contributed by atoms with Crippen LogP contribution in [-0.2, 0) is 6.54 Å². The molecule has 0 aliphatic carbocycles. The van der Waals surface area contributed by atoms with Gasteiger partial charge in [-0.2, -0.15) is 5.10 Å². The van der Waals surface area contributed by atoms with Crippen LogP contribution in [0.1, 0.15) is 36.2 Å². The molecule has 0 saturated heterocycles. The zero-order chi connectivity index (χ0) is 13.0. The van der Waals surface area contributed by atoms with Crippen molar-refractivity contribution in [1.29, 1.82) is 0 Å². The molecule has 0 bridgehead atoms. The fourth-order valence-electron chi connectivity index (χ4n) is 2.02. The van der Waals surface area contributed by atoms with E-state index in [9.17, 15) is 4.39 Å². The highest BCUT2D eigenvalue weighted by Gasteiger charge is 2.13. The van der Waals surface area contributed by atoms with Crippen molar-refractivity contribution in [1.82, 2.24) is 15.5 Å². The third-order valence-electron chi connectivity index (χ3n) is 3.16. The van der Waals surface area contributed by atoms with Crippen molar-refractivity contribution in [2.75, 3.05) is 0 Å². The molecule has 0 aliphatic rings. The monoisotopic (exact) mass is 247 g/mol. The molecule has 1 unspecified atom stereocenters. The molecular formula is C14H18FN3. The summed E-state index contributed by atoms with van der Waals surface area (Å²) in [5.74, 6) is -0.152. The number of benzene rings is 1. The zero-order valence-electron chi connectivity index (χ0n) is 10.7. The van der Waals surface area contributed by atoms with Gasteiger partial charge >= 0.3 is 0 Å². The van der Waals surface area contributed by atoms with Gasteiger partial charge in [0.05, 0.1) is 6.20 Å². The Morgan fingerprint density at radius 3 is 2.78 bits per heavy atom. The summed E-state index contributed by atoms with van der Waals surface area (Å²) in [5, 5.41) is 10.2. The highest BCUT2D eigenvalue weighted by Crippen LogP contribution is 2.20. The molecule has 1 atom stereocenters. The largest absolute Gasteiger partial charge is 0.306 e. The minimum absolute atomic E-state index is 0.0282. The molecule has 0 aliphatic heterocycles. The van der Waals surface area contributed by atoms with E-state index in [-0.39, 0.29) is 11.9 Å². The van der Waals surface area contributed by atoms with Crippen LogP contribution < -0.4 is 5.32 Å². The summed E-state index contributed by atoms with van der Waals surface area (Å²) in [6.07, 6.45) is 2.65. The number of halogens is 1. The van der Waals surface area contributed by atoms with Crippen LogP contribution >= 0.6 is 0 Å². The Morgan fingerprint density at radius 1 is 1.39 bits per heavy atom. The highest BCUT2D eigenvalue weighted by atomic mass is 19.1. The number of rotatable bonds is 5. The number of nitrogens with one attached hydrogen (secondary N) is 2. The Hall–Kier alpha value is -1.68. The molecule has 96 valence electrons. The van der Waals surface area contributed by atoms with Gasteiger partial charge in [0, 0.05) is 29.4 Å². The summed E-state index contributed by atoms with van der Waals surface area (Å²) >= 11 is 0. The van der Waals surface area contributed by atoms with Crippen molar-refractivity contribution in [2.24, 2.45) is 0 Å². The zero-order valence-corrected chi connectivity index (χ0v) is 10.7. The van der Waals surface area contributed by atoms with Crippen molar-refractivity contribution >= 4 is 0 Å². The lowest BCUT2D eigenvalue weighted by atomic mass is 10.0. The maximum Gasteiger partial charge on any atom is 0.127 e. The Labute approximate surface area is 106 Å². The first kappa shape index (κ1) is 12.8.